The Morgan fingerprint density at radius 1 is 0.122 bits per heavy atom. The van der Waals surface area contributed by atoms with E-state index in [1.807, 2.05) is 36.8 Å². The van der Waals surface area contributed by atoms with Crippen LogP contribution in [0.3, 0.4) is 0 Å². The minimum absolute atomic E-state index is 0.924. The Bertz CT molecular complexity index is 4790. The molecule has 0 aliphatic carbocycles. The first-order valence-electron chi connectivity index (χ1n) is 30.6. The van der Waals surface area contributed by atoms with Crippen LogP contribution in [0.25, 0.3) is 156 Å². The van der Waals surface area contributed by atoms with Crippen molar-refractivity contribution in [2.45, 2.75) is 0 Å². The van der Waals surface area contributed by atoms with Gasteiger partial charge < -0.3 is 0 Å². The van der Waals surface area contributed by atoms with Gasteiger partial charge in [0.25, 0.3) is 0 Å². The molecule has 3 aromatic heterocycles. The van der Waals surface area contributed by atoms with Gasteiger partial charge in [-0.05, 0) is 207 Å². The van der Waals surface area contributed by atoms with E-state index in [0.29, 0.717) is 0 Å². The average Bonchev–Trinajstić information content (AvgIpc) is 1.52. The third-order valence-electron chi connectivity index (χ3n) is 17.1. The molecule has 0 unspecified atom stereocenters. The summed E-state index contributed by atoms with van der Waals surface area (Å²) in [7, 11) is 0. The highest BCUT2D eigenvalue weighted by molar-refractivity contribution is 6.01. The van der Waals surface area contributed by atoms with Crippen LogP contribution >= 0.6 is 0 Å². The maximum Gasteiger partial charge on any atom is 0.0702 e. The molecule has 0 radical (unpaired) electrons. The minimum Gasteiger partial charge on any atom is -0.256 e. The molecule has 422 valence electrons. The lowest BCUT2D eigenvalue weighted by molar-refractivity contribution is 1.33. The Hall–Kier alpha value is -11.9. The predicted octanol–water partition coefficient (Wildman–Crippen LogP) is 23.2. The maximum atomic E-state index is 4.84. The van der Waals surface area contributed by atoms with Crippen molar-refractivity contribution in [3.63, 3.8) is 0 Å². The van der Waals surface area contributed by atoms with Crippen molar-refractivity contribution in [1.29, 1.82) is 0 Å². The van der Waals surface area contributed by atoms with Crippen LogP contribution in [0.1, 0.15) is 0 Å². The summed E-state index contributed by atoms with van der Waals surface area (Å²) in [4.78, 5) is 14.5. The summed E-state index contributed by atoms with van der Waals surface area (Å²) in [5.74, 6) is 0. The van der Waals surface area contributed by atoms with Gasteiger partial charge in [-0.3, -0.25) is 15.0 Å². The Labute approximate surface area is 526 Å². The van der Waals surface area contributed by atoms with Crippen molar-refractivity contribution in [3.8, 4) is 156 Å². The van der Waals surface area contributed by atoms with Gasteiger partial charge in [-0.2, -0.15) is 0 Å². The van der Waals surface area contributed by atoms with Gasteiger partial charge in [0.15, 0.2) is 0 Å². The topological polar surface area (TPSA) is 38.7 Å². The Morgan fingerprint density at radius 3 is 0.711 bits per heavy atom. The first-order valence-corrected chi connectivity index (χ1v) is 30.6. The van der Waals surface area contributed by atoms with Crippen LogP contribution in [0, 0.1) is 0 Å². The summed E-state index contributed by atoms with van der Waals surface area (Å²) in [5, 5.41) is 0. The zero-order valence-corrected chi connectivity index (χ0v) is 49.4. The molecular weight excluding hydrogens is 1090 g/mol. The Kier molecular flexibility index (Phi) is 15.1. The lowest BCUT2D eigenvalue weighted by Crippen LogP contribution is -1.95. The molecule has 12 aromatic carbocycles. The summed E-state index contributed by atoms with van der Waals surface area (Å²) < 4.78 is 0. The van der Waals surface area contributed by atoms with Crippen LogP contribution in [-0.4, -0.2) is 15.0 Å². The van der Waals surface area contributed by atoms with Gasteiger partial charge in [-0.25, -0.2) is 0 Å². The number of rotatable bonds is 14. The van der Waals surface area contributed by atoms with Gasteiger partial charge >= 0.3 is 0 Å². The molecule has 0 saturated carbocycles. The first kappa shape index (κ1) is 54.7. The minimum atomic E-state index is 0.924. The van der Waals surface area contributed by atoms with E-state index in [4.69, 9.17) is 15.0 Å². The van der Waals surface area contributed by atoms with Crippen molar-refractivity contribution < 1.29 is 0 Å². The SMILES string of the molecule is c1ccc(-c2cccc(-c3cc(-c4ccccn4)ccc3-c3ccccc3-c3cc(-c4ccccc4-c4ccc(-c5ccccn5)cc4-c4ccccc4)cc(-c4ccccc4-c4ccc(-c5ccccn5)cc4-c4cccc(-c5ccccc5)c4)c3)c2)cc1. The summed E-state index contributed by atoms with van der Waals surface area (Å²) in [6.07, 6.45) is 5.61. The zero-order valence-electron chi connectivity index (χ0n) is 49.4. The number of hydrogen-bond donors (Lipinski definition) is 0. The first-order chi connectivity index (χ1) is 44.6. The van der Waals surface area contributed by atoms with Gasteiger partial charge in [0, 0.05) is 35.3 Å². The van der Waals surface area contributed by atoms with E-state index >= 15 is 0 Å². The summed E-state index contributed by atoms with van der Waals surface area (Å²) in [6, 6.07) is 123. The van der Waals surface area contributed by atoms with Crippen LogP contribution in [0.5, 0.6) is 0 Å². The van der Waals surface area contributed by atoms with Crippen LogP contribution in [-0.2, 0) is 0 Å². The standard InChI is InChI=1S/C87H59N3/c1-4-24-60(25-5-1)63-30-22-32-65(52-63)83-58-68(86-41-17-20-50-89-86)44-47-80(83)77-38-14-11-35-74(77)71-54-70(73-34-10-13-37-76(73)79-46-43-67(85-40-16-19-49-88-85)57-82(79)62-28-8-3-9-29-62)55-72(56-71)75-36-12-15-39-78(75)81-48-45-69(87-42-18-21-51-90-87)59-84(81)66-33-23-31-64(53-66)61-26-6-2-7-27-61/h1-59H. The molecule has 15 aromatic rings. The maximum absolute atomic E-state index is 4.84. The largest absolute Gasteiger partial charge is 0.256 e. The fourth-order valence-corrected chi connectivity index (χ4v) is 12.7. The second-order valence-corrected chi connectivity index (χ2v) is 22.6. The highest BCUT2D eigenvalue weighted by atomic mass is 14.7. The molecule has 0 amide bonds. The summed E-state index contributed by atoms with van der Waals surface area (Å²) in [6.45, 7) is 0. The lowest BCUT2D eigenvalue weighted by Gasteiger charge is -2.21. The van der Waals surface area contributed by atoms with Crippen molar-refractivity contribution in [3.05, 3.63) is 358 Å². The Morgan fingerprint density at radius 2 is 0.378 bits per heavy atom. The van der Waals surface area contributed by atoms with Gasteiger partial charge in [0.2, 0.25) is 0 Å². The van der Waals surface area contributed by atoms with E-state index in [1.165, 1.54) is 11.1 Å². The third kappa shape index (κ3) is 11.2. The van der Waals surface area contributed by atoms with E-state index in [2.05, 4.69) is 322 Å². The van der Waals surface area contributed by atoms with Crippen LogP contribution in [0.15, 0.2) is 358 Å². The normalized spacial score (nSPS) is 11.1. The van der Waals surface area contributed by atoms with Crippen LogP contribution < -0.4 is 0 Å². The molecule has 3 heterocycles. The van der Waals surface area contributed by atoms with Gasteiger partial charge in [0.1, 0.15) is 0 Å². The van der Waals surface area contributed by atoms with Crippen molar-refractivity contribution in [1.82, 2.24) is 15.0 Å². The number of pyridine rings is 3. The second kappa shape index (κ2) is 24.8. The predicted molar refractivity (Wildman–Crippen MR) is 376 cm³/mol. The van der Waals surface area contributed by atoms with E-state index in [0.717, 1.165) is 145 Å². The van der Waals surface area contributed by atoms with Gasteiger partial charge in [-0.1, -0.05) is 255 Å². The van der Waals surface area contributed by atoms with Crippen LogP contribution in [0.2, 0.25) is 0 Å². The number of aromatic nitrogens is 3. The van der Waals surface area contributed by atoms with E-state index < -0.39 is 0 Å². The van der Waals surface area contributed by atoms with Crippen molar-refractivity contribution >= 4 is 0 Å². The summed E-state index contributed by atoms with van der Waals surface area (Å²) >= 11 is 0. The Balaban J connectivity index is 0.963. The van der Waals surface area contributed by atoms with Gasteiger partial charge in [-0.15, -0.1) is 0 Å². The fourth-order valence-electron chi connectivity index (χ4n) is 12.7. The summed E-state index contributed by atoms with van der Waals surface area (Å²) in [5.41, 5.74) is 30.7. The van der Waals surface area contributed by atoms with Gasteiger partial charge in [0.05, 0.1) is 17.1 Å². The highest BCUT2D eigenvalue weighted by Crippen LogP contribution is 2.48. The van der Waals surface area contributed by atoms with Crippen molar-refractivity contribution in [2.75, 3.05) is 0 Å². The smallest absolute Gasteiger partial charge is 0.0702 e. The quantitative estimate of drug-likeness (QED) is 0.109. The fraction of sp³-hybridized carbons (Fsp3) is 0. The molecule has 0 fully saturated rings. The van der Waals surface area contributed by atoms with E-state index in [1.54, 1.807) is 0 Å². The molecular formula is C87H59N3. The molecule has 3 heteroatoms. The lowest BCUT2D eigenvalue weighted by atomic mass is 9.83. The van der Waals surface area contributed by atoms with E-state index in [9.17, 15) is 0 Å². The number of hydrogen-bond acceptors (Lipinski definition) is 3. The number of nitrogens with zero attached hydrogens (tertiary/aromatic N) is 3. The third-order valence-corrected chi connectivity index (χ3v) is 17.1. The molecule has 0 aliphatic heterocycles. The van der Waals surface area contributed by atoms with Crippen LogP contribution in [0.4, 0.5) is 0 Å². The molecule has 15 rings (SSSR count). The second-order valence-electron chi connectivity index (χ2n) is 22.6. The molecule has 0 aliphatic rings. The zero-order chi connectivity index (χ0) is 60.0. The molecule has 0 bridgehead atoms. The number of benzene rings is 12. The molecule has 0 saturated heterocycles. The average molecular weight is 1150 g/mol. The molecule has 90 heavy (non-hydrogen) atoms. The molecule has 0 spiro atoms. The monoisotopic (exact) mass is 1150 g/mol. The van der Waals surface area contributed by atoms with Crippen molar-refractivity contribution in [2.24, 2.45) is 0 Å². The highest BCUT2D eigenvalue weighted by Gasteiger charge is 2.22. The molecule has 3 nitrogen and oxygen atoms in total. The van der Waals surface area contributed by atoms with E-state index in [-0.39, 0.29) is 0 Å². The molecule has 0 atom stereocenters. The molecule has 0 N–H and O–H groups in total.